The minimum Gasteiger partial charge on any atom is -0.550 e. The summed E-state index contributed by atoms with van der Waals surface area (Å²) in [6.07, 6.45) is -0.897. The van der Waals surface area contributed by atoms with Gasteiger partial charge in [0.25, 0.3) is 0 Å². The Morgan fingerprint density at radius 2 is 2.05 bits per heavy atom. The first-order valence-electron chi connectivity index (χ1n) is 6.24. The van der Waals surface area contributed by atoms with Gasteiger partial charge in [0, 0.05) is 12.4 Å². The summed E-state index contributed by atoms with van der Waals surface area (Å²) < 4.78 is 17.7. The van der Waals surface area contributed by atoms with E-state index in [0.717, 1.165) is 0 Å². The second kappa shape index (κ2) is 7.98. The van der Waals surface area contributed by atoms with Crippen LogP contribution in [0.4, 0.5) is 4.39 Å². The van der Waals surface area contributed by atoms with Gasteiger partial charge in [-0.1, -0.05) is 12.1 Å². The van der Waals surface area contributed by atoms with Gasteiger partial charge in [0.1, 0.15) is 5.82 Å². The van der Waals surface area contributed by atoms with E-state index in [0.29, 0.717) is 5.56 Å². The smallest absolute Gasteiger partial charge is 0.307 e. The van der Waals surface area contributed by atoms with E-state index >= 15 is 0 Å². The quantitative estimate of drug-likeness (QED) is 0.719. The van der Waals surface area contributed by atoms with E-state index < -0.39 is 36.1 Å². The van der Waals surface area contributed by atoms with Crippen LogP contribution in [0.15, 0.2) is 24.3 Å². The first-order chi connectivity index (χ1) is 9.92. The number of hydrogen-bond donors (Lipinski definition) is 1. The van der Waals surface area contributed by atoms with Crippen molar-refractivity contribution < 1.29 is 28.6 Å². The van der Waals surface area contributed by atoms with Crippen molar-refractivity contribution in [3.8, 4) is 0 Å². The molecular formula is C14H15FNO5-. The fourth-order valence-electron chi connectivity index (χ4n) is 1.71. The summed E-state index contributed by atoms with van der Waals surface area (Å²) in [5, 5.41) is 12.8. The topological polar surface area (TPSA) is 95.5 Å². The number of ether oxygens (including phenoxy) is 1. The molecule has 0 bridgehead atoms. The molecule has 0 saturated heterocycles. The van der Waals surface area contributed by atoms with E-state index in [1.807, 2.05) is 0 Å². The van der Waals surface area contributed by atoms with Crippen LogP contribution >= 0.6 is 0 Å². The SMILES string of the molecule is COC(=O)C[C@H](NC(=O)CCC(=O)[O-])c1cccc(F)c1. The molecule has 0 unspecified atom stereocenters. The van der Waals surface area contributed by atoms with Crippen LogP contribution in [0.3, 0.4) is 0 Å². The Hall–Kier alpha value is -2.44. The molecule has 1 aromatic carbocycles. The second-order valence-electron chi connectivity index (χ2n) is 4.33. The van der Waals surface area contributed by atoms with E-state index in [1.54, 1.807) is 6.07 Å². The Labute approximate surface area is 120 Å². The number of benzene rings is 1. The molecule has 1 N–H and O–H groups in total. The average Bonchev–Trinajstić information content (AvgIpc) is 2.44. The molecule has 21 heavy (non-hydrogen) atoms. The molecule has 6 nitrogen and oxygen atoms in total. The zero-order valence-electron chi connectivity index (χ0n) is 11.4. The highest BCUT2D eigenvalue weighted by molar-refractivity contribution is 5.81. The highest BCUT2D eigenvalue weighted by atomic mass is 19.1. The van der Waals surface area contributed by atoms with Crippen LogP contribution in [0.2, 0.25) is 0 Å². The number of methoxy groups -OCH3 is 1. The summed E-state index contributed by atoms with van der Waals surface area (Å²) in [7, 11) is 1.20. The first kappa shape index (κ1) is 16.6. The van der Waals surface area contributed by atoms with Crippen LogP contribution in [0, 0.1) is 5.82 Å². The molecule has 1 aromatic rings. The lowest BCUT2D eigenvalue weighted by Crippen LogP contribution is -2.32. The zero-order chi connectivity index (χ0) is 15.8. The summed E-state index contributed by atoms with van der Waals surface area (Å²) in [6, 6.07) is 4.63. The Bertz CT molecular complexity index is 532. The van der Waals surface area contributed by atoms with Crippen LogP contribution in [-0.4, -0.2) is 25.0 Å². The molecule has 0 spiro atoms. The fourth-order valence-corrected chi connectivity index (χ4v) is 1.71. The number of hydrogen-bond acceptors (Lipinski definition) is 5. The van der Waals surface area contributed by atoms with Crippen molar-refractivity contribution in [2.75, 3.05) is 7.11 Å². The largest absolute Gasteiger partial charge is 0.550 e. The summed E-state index contributed by atoms with van der Waals surface area (Å²) in [5.74, 6) is -3.01. The van der Waals surface area contributed by atoms with Gasteiger partial charge in [-0.05, 0) is 24.1 Å². The number of halogens is 1. The molecule has 7 heteroatoms. The van der Waals surface area contributed by atoms with E-state index in [9.17, 15) is 23.9 Å². The van der Waals surface area contributed by atoms with Gasteiger partial charge in [-0.25, -0.2) is 4.39 Å². The average molecular weight is 296 g/mol. The number of carboxylic acids is 1. The first-order valence-corrected chi connectivity index (χ1v) is 6.24. The van der Waals surface area contributed by atoms with E-state index in [2.05, 4.69) is 10.1 Å². The molecule has 0 saturated carbocycles. The molecule has 1 rings (SSSR count). The maximum atomic E-state index is 13.2. The molecule has 0 fully saturated rings. The number of nitrogens with one attached hydrogen (secondary N) is 1. The summed E-state index contributed by atoms with van der Waals surface area (Å²) in [4.78, 5) is 33.3. The van der Waals surface area contributed by atoms with Gasteiger partial charge in [-0.2, -0.15) is 0 Å². The monoisotopic (exact) mass is 296 g/mol. The Kier molecular flexibility index (Phi) is 6.32. The van der Waals surface area contributed by atoms with Crippen LogP contribution in [-0.2, 0) is 19.1 Å². The Morgan fingerprint density at radius 3 is 2.62 bits per heavy atom. The molecular weight excluding hydrogens is 281 g/mol. The molecule has 114 valence electrons. The lowest BCUT2D eigenvalue weighted by molar-refractivity contribution is -0.305. The van der Waals surface area contributed by atoms with Crippen molar-refractivity contribution in [3.63, 3.8) is 0 Å². The maximum Gasteiger partial charge on any atom is 0.307 e. The van der Waals surface area contributed by atoms with Crippen molar-refractivity contribution in [2.24, 2.45) is 0 Å². The molecule has 0 aromatic heterocycles. The normalized spacial score (nSPS) is 11.5. The molecule has 1 atom stereocenters. The molecule has 1 amide bonds. The summed E-state index contributed by atoms with van der Waals surface area (Å²) in [6.45, 7) is 0. The van der Waals surface area contributed by atoms with Crippen LogP contribution in [0.5, 0.6) is 0 Å². The number of carbonyl (C=O) groups is 3. The predicted octanol–water partition coefficient (Wildman–Crippen LogP) is 0.0762. The third kappa shape index (κ3) is 6.03. The lowest BCUT2D eigenvalue weighted by atomic mass is 10.0. The number of aliphatic carboxylic acids is 1. The molecule has 0 aliphatic heterocycles. The Morgan fingerprint density at radius 1 is 1.33 bits per heavy atom. The van der Waals surface area contributed by atoms with Crippen LogP contribution < -0.4 is 10.4 Å². The van der Waals surface area contributed by atoms with Gasteiger partial charge in [-0.3, -0.25) is 9.59 Å². The predicted molar refractivity (Wildman–Crippen MR) is 68.2 cm³/mol. The van der Waals surface area contributed by atoms with Gasteiger partial charge >= 0.3 is 5.97 Å². The van der Waals surface area contributed by atoms with Crippen LogP contribution in [0.1, 0.15) is 30.9 Å². The van der Waals surface area contributed by atoms with Crippen molar-refractivity contribution >= 4 is 17.8 Å². The lowest BCUT2D eigenvalue weighted by Gasteiger charge is -2.18. The van der Waals surface area contributed by atoms with E-state index in [1.165, 1.54) is 25.3 Å². The zero-order valence-corrected chi connectivity index (χ0v) is 11.4. The number of carboxylic acid groups (broad SMARTS) is 1. The molecule has 0 radical (unpaired) electrons. The number of rotatable bonds is 7. The van der Waals surface area contributed by atoms with Crippen molar-refractivity contribution in [3.05, 3.63) is 35.6 Å². The van der Waals surface area contributed by atoms with Gasteiger partial charge in [0.15, 0.2) is 0 Å². The minimum absolute atomic E-state index is 0.184. The fraction of sp³-hybridized carbons (Fsp3) is 0.357. The summed E-state index contributed by atoms with van der Waals surface area (Å²) >= 11 is 0. The second-order valence-corrected chi connectivity index (χ2v) is 4.33. The summed E-state index contributed by atoms with van der Waals surface area (Å²) in [5.41, 5.74) is 0.391. The van der Waals surface area contributed by atoms with Gasteiger partial charge in [0.05, 0.1) is 19.6 Å². The molecule has 0 heterocycles. The van der Waals surface area contributed by atoms with E-state index in [4.69, 9.17) is 0 Å². The number of amides is 1. The van der Waals surface area contributed by atoms with Crippen molar-refractivity contribution in [1.82, 2.24) is 5.32 Å². The van der Waals surface area contributed by atoms with Crippen LogP contribution in [0.25, 0.3) is 0 Å². The maximum absolute atomic E-state index is 13.2. The Balaban J connectivity index is 2.80. The standard InChI is InChI=1S/C14H16FNO5/c1-21-14(20)8-11(9-3-2-4-10(15)7-9)16-12(17)5-6-13(18)19/h2-4,7,11H,5-6,8H2,1H3,(H,16,17)(H,18,19)/p-1/t11-/m0/s1. The number of carbonyl (C=O) groups excluding carboxylic acids is 3. The third-order valence-corrected chi connectivity index (χ3v) is 2.74. The number of esters is 1. The van der Waals surface area contributed by atoms with E-state index in [-0.39, 0.29) is 12.8 Å². The van der Waals surface area contributed by atoms with Gasteiger partial charge in [0.2, 0.25) is 5.91 Å². The van der Waals surface area contributed by atoms with Gasteiger partial charge in [-0.15, -0.1) is 0 Å². The highest BCUT2D eigenvalue weighted by Crippen LogP contribution is 2.18. The van der Waals surface area contributed by atoms with Crippen molar-refractivity contribution in [2.45, 2.75) is 25.3 Å². The van der Waals surface area contributed by atoms with Gasteiger partial charge < -0.3 is 20.0 Å². The minimum atomic E-state index is -1.35. The van der Waals surface area contributed by atoms with Crippen molar-refractivity contribution in [1.29, 1.82) is 0 Å². The molecule has 0 aliphatic carbocycles. The molecule has 0 aliphatic rings. The highest BCUT2D eigenvalue weighted by Gasteiger charge is 2.19. The third-order valence-electron chi connectivity index (χ3n) is 2.74.